The number of ketones is 1. The largest absolute Gasteiger partial charge is 0.466 e. The van der Waals surface area contributed by atoms with Gasteiger partial charge >= 0.3 is 11.9 Å². The summed E-state index contributed by atoms with van der Waals surface area (Å²) < 4.78 is 11.0. The number of benzene rings is 1. The van der Waals surface area contributed by atoms with Crippen LogP contribution in [-0.4, -0.2) is 89.2 Å². The number of carbonyl (C=O) groups excluding carboxylic acids is 5. The third kappa shape index (κ3) is 11.9. The Labute approximate surface area is 320 Å². The second kappa shape index (κ2) is 20.2. The van der Waals surface area contributed by atoms with E-state index in [0.717, 1.165) is 31.4 Å². The van der Waals surface area contributed by atoms with Crippen LogP contribution in [0.15, 0.2) is 35.7 Å². The van der Waals surface area contributed by atoms with Crippen molar-refractivity contribution < 1.29 is 33.4 Å². The molecule has 1 saturated heterocycles. The summed E-state index contributed by atoms with van der Waals surface area (Å²) in [5, 5.41) is 5.16. The summed E-state index contributed by atoms with van der Waals surface area (Å²) >= 11 is 1.22. The highest BCUT2D eigenvalue weighted by Gasteiger charge is 2.44. The number of ether oxygens (including phenoxy) is 2. The molecule has 0 aliphatic carbocycles. The van der Waals surface area contributed by atoms with Gasteiger partial charge in [-0.15, -0.1) is 11.3 Å². The van der Waals surface area contributed by atoms with Crippen LogP contribution in [0, 0.1) is 23.7 Å². The highest BCUT2D eigenvalue weighted by Crippen LogP contribution is 2.35. The lowest BCUT2D eigenvalue weighted by molar-refractivity contribution is -0.150. The number of likely N-dealkylation sites (tertiary alicyclic amines) is 1. The molecule has 0 saturated carbocycles. The number of nitrogens with one attached hydrogen (secondary N) is 1. The summed E-state index contributed by atoms with van der Waals surface area (Å²) in [5.41, 5.74) is 0.620. The Morgan fingerprint density at radius 3 is 2.30 bits per heavy atom. The van der Waals surface area contributed by atoms with E-state index in [1.165, 1.54) is 18.3 Å². The number of hydrogen-bond acceptors (Lipinski definition) is 10. The van der Waals surface area contributed by atoms with Gasteiger partial charge in [0.25, 0.3) is 5.91 Å². The number of likely N-dealkylation sites (N-methyl/N-ethyl adjacent to an activating group) is 1. The van der Waals surface area contributed by atoms with Gasteiger partial charge in [-0.25, -0.2) is 4.98 Å². The van der Waals surface area contributed by atoms with Gasteiger partial charge in [0.15, 0.2) is 11.9 Å². The maximum absolute atomic E-state index is 14.3. The molecule has 12 heteroatoms. The number of thiazole rings is 1. The van der Waals surface area contributed by atoms with Crippen molar-refractivity contribution in [1.29, 1.82) is 0 Å². The lowest BCUT2D eigenvalue weighted by Crippen LogP contribution is -2.50. The van der Waals surface area contributed by atoms with Crippen LogP contribution in [-0.2, 0) is 35.1 Å². The SMILES string of the molecule is CCOC(=O)[C@@H](C)C[C@H](Cc1ccccc1)NC(=O)c1csc([C@@H](C[C@H](C(C)C)N(C)C(=O)[C@@H](CC(=O)[C@@]2(C)CCCN2C)[C@@H](C)CC)OC(C)=O)n1. The monoisotopic (exact) mass is 754 g/mol. The number of hydrogen-bond donors (Lipinski definition) is 1. The van der Waals surface area contributed by atoms with Crippen LogP contribution in [0.25, 0.3) is 0 Å². The van der Waals surface area contributed by atoms with Gasteiger partial charge in [-0.1, -0.05) is 71.4 Å². The van der Waals surface area contributed by atoms with Crippen LogP contribution in [0.2, 0.25) is 0 Å². The first-order valence-corrected chi connectivity index (χ1v) is 20.0. The normalized spacial score (nSPS) is 19.5. The molecule has 1 N–H and O–H groups in total. The summed E-state index contributed by atoms with van der Waals surface area (Å²) in [5.74, 6) is -2.16. The molecular weight excluding hydrogens is 693 g/mol. The van der Waals surface area contributed by atoms with Crippen molar-refractivity contribution >= 4 is 40.9 Å². The Kier molecular flexibility index (Phi) is 16.6. The Hall–Kier alpha value is -3.64. The standard InChI is InChI=1S/C41H62N4O7S/c1-11-27(5)32(23-36(47)41(8)19-16-20-44(41)9)39(49)45(10)34(26(3)4)24-35(52-29(7)46)38-43-33(25-53-38)37(48)42-31(21-28(6)40(50)51-12-2)22-30-17-14-13-15-18-30/h13-15,17-18,25-28,31-32,34-35H,11-12,16,19-24H2,1-10H3,(H,42,48)/t27-,28-,31+,32-,34+,35+,41+/m0/s1. The van der Waals surface area contributed by atoms with E-state index in [4.69, 9.17) is 9.47 Å². The average Bonchev–Trinajstić information content (AvgIpc) is 3.75. The maximum atomic E-state index is 14.3. The number of Topliss-reactive ketones (excluding diaryl/α,β-unsaturated/α-hetero) is 1. The molecule has 53 heavy (non-hydrogen) atoms. The summed E-state index contributed by atoms with van der Waals surface area (Å²) in [7, 11) is 3.75. The molecule has 2 aromatic rings. The minimum atomic E-state index is -0.805. The molecule has 2 heterocycles. The molecule has 0 bridgehead atoms. The van der Waals surface area contributed by atoms with Crippen LogP contribution in [0.1, 0.15) is 121 Å². The van der Waals surface area contributed by atoms with Crippen molar-refractivity contribution in [2.45, 2.75) is 124 Å². The molecule has 11 nitrogen and oxygen atoms in total. The summed E-state index contributed by atoms with van der Waals surface area (Å²) in [6, 6.07) is 9.02. The van der Waals surface area contributed by atoms with Crippen molar-refractivity contribution in [2.24, 2.45) is 23.7 Å². The zero-order chi connectivity index (χ0) is 39.5. The molecule has 1 aromatic carbocycles. The lowest BCUT2D eigenvalue weighted by atomic mass is 9.80. The molecule has 294 valence electrons. The maximum Gasteiger partial charge on any atom is 0.308 e. The quantitative estimate of drug-likeness (QED) is 0.147. The third-order valence-electron chi connectivity index (χ3n) is 11.0. The number of esters is 2. The van der Waals surface area contributed by atoms with Crippen molar-refractivity contribution in [3.05, 3.63) is 52.0 Å². The number of nitrogens with zero attached hydrogens (tertiary/aromatic N) is 3. The fraction of sp³-hybridized carbons (Fsp3) is 0.659. The van der Waals surface area contributed by atoms with Gasteiger partial charge in [0.2, 0.25) is 5.91 Å². The van der Waals surface area contributed by atoms with Crippen LogP contribution >= 0.6 is 11.3 Å². The van der Waals surface area contributed by atoms with E-state index in [2.05, 4.69) is 15.2 Å². The molecule has 2 amide bonds. The zero-order valence-electron chi connectivity index (χ0n) is 33.5. The van der Waals surface area contributed by atoms with Gasteiger partial charge in [0.1, 0.15) is 10.7 Å². The van der Waals surface area contributed by atoms with Crippen LogP contribution < -0.4 is 5.32 Å². The van der Waals surface area contributed by atoms with Gasteiger partial charge < -0.3 is 19.7 Å². The predicted molar refractivity (Wildman–Crippen MR) is 207 cm³/mol. The van der Waals surface area contributed by atoms with E-state index < -0.39 is 35.4 Å². The summed E-state index contributed by atoms with van der Waals surface area (Å²) in [6.07, 6.45) is 3.02. The van der Waals surface area contributed by atoms with E-state index in [-0.39, 0.29) is 66.7 Å². The lowest BCUT2D eigenvalue weighted by Gasteiger charge is -2.38. The first-order chi connectivity index (χ1) is 25.0. The van der Waals surface area contributed by atoms with E-state index >= 15 is 0 Å². The topological polar surface area (TPSA) is 135 Å². The number of rotatable bonds is 20. The van der Waals surface area contributed by atoms with Crippen LogP contribution in [0.3, 0.4) is 0 Å². The molecule has 1 aliphatic heterocycles. The van der Waals surface area contributed by atoms with Gasteiger partial charge in [-0.3, -0.25) is 28.9 Å². The Morgan fingerprint density at radius 1 is 1.06 bits per heavy atom. The molecular formula is C41H62N4O7S. The minimum Gasteiger partial charge on any atom is -0.466 e. The predicted octanol–water partition coefficient (Wildman–Crippen LogP) is 6.66. The molecule has 0 radical (unpaired) electrons. The summed E-state index contributed by atoms with van der Waals surface area (Å²) in [4.78, 5) is 75.0. The second-order valence-corrected chi connectivity index (χ2v) is 16.2. The third-order valence-corrected chi connectivity index (χ3v) is 12.0. The Bertz CT molecular complexity index is 1530. The second-order valence-electron chi connectivity index (χ2n) is 15.3. The van der Waals surface area contributed by atoms with E-state index in [9.17, 15) is 24.0 Å². The van der Waals surface area contributed by atoms with Crippen molar-refractivity contribution in [3.63, 3.8) is 0 Å². The number of amides is 2. The van der Waals surface area contributed by atoms with Crippen molar-refractivity contribution in [3.8, 4) is 0 Å². The average molecular weight is 755 g/mol. The molecule has 7 atom stereocenters. The van der Waals surface area contributed by atoms with Crippen molar-refractivity contribution in [1.82, 2.24) is 20.1 Å². The smallest absolute Gasteiger partial charge is 0.308 e. The van der Waals surface area contributed by atoms with Gasteiger partial charge in [0, 0.05) is 50.2 Å². The van der Waals surface area contributed by atoms with Gasteiger partial charge in [0.05, 0.1) is 18.1 Å². The van der Waals surface area contributed by atoms with Crippen LogP contribution in [0.4, 0.5) is 0 Å². The zero-order valence-corrected chi connectivity index (χ0v) is 34.3. The van der Waals surface area contributed by atoms with E-state index in [1.807, 2.05) is 72.0 Å². The number of aromatic nitrogens is 1. The molecule has 1 fully saturated rings. The van der Waals surface area contributed by atoms with Gasteiger partial charge in [-0.2, -0.15) is 0 Å². The fourth-order valence-corrected chi connectivity index (χ4v) is 8.15. The number of carbonyl (C=O) groups is 5. The molecule has 1 aromatic heterocycles. The van der Waals surface area contributed by atoms with Gasteiger partial charge in [-0.05, 0) is 70.5 Å². The Balaban J connectivity index is 1.83. The van der Waals surface area contributed by atoms with Crippen molar-refractivity contribution in [2.75, 3.05) is 27.2 Å². The van der Waals surface area contributed by atoms with Crippen LogP contribution in [0.5, 0.6) is 0 Å². The first-order valence-electron chi connectivity index (χ1n) is 19.2. The van der Waals surface area contributed by atoms with E-state index in [0.29, 0.717) is 17.8 Å². The van der Waals surface area contributed by atoms with E-state index in [1.54, 1.807) is 31.2 Å². The summed E-state index contributed by atoms with van der Waals surface area (Å²) in [6.45, 7) is 16.1. The Morgan fingerprint density at radius 2 is 1.74 bits per heavy atom. The highest BCUT2D eigenvalue weighted by molar-refractivity contribution is 7.09. The minimum absolute atomic E-state index is 0.00711. The fourth-order valence-electron chi connectivity index (χ4n) is 7.31. The molecule has 3 rings (SSSR count). The molecule has 0 unspecified atom stereocenters. The highest BCUT2D eigenvalue weighted by atomic mass is 32.1. The molecule has 1 aliphatic rings. The molecule has 0 spiro atoms. The first kappa shape index (κ1) is 43.8.